The highest BCUT2D eigenvalue weighted by Crippen LogP contribution is 2.30. The number of rotatable bonds is 1. The van der Waals surface area contributed by atoms with Gasteiger partial charge in [0.05, 0.1) is 24.6 Å². The molecule has 1 rings (SSSR count). The summed E-state index contributed by atoms with van der Waals surface area (Å²) in [5, 5.41) is 14.8. The summed E-state index contributed by atoms with van der Waals surface area (Å²) in [7, 11) is 0. The third-order valence-corrected chi connectivity index (χ3v) is 1.29. The van der Waals surface area contributed by atoms with E-state index in [1.807, 2.05) is 0 Å². The van der Waals surface area contributed by atoms with E-state index in [0.29, 0.717) is 6.20 Å². The zero-order chi connectivity index (χ0) is 9.19. The van der Waals surface area contributed by atoms with Crippen molar-refractivity contribution in [3.63, 3.8) is 0 Å². The molecule has 0 aliphatic heterocycles. The molecular weight excluding hydrogens is 173 g/mol. The van der Waals surface area contributed by atoms with E-state index >= 15 is 0 Å². The Balaban J connectivity index is 3.14. The molecule has 1 aromatic heterocycles. The Hall–Kier alpha value is -1.17. The van der Waals surface area contributed by atoms with Crippen molar-refractivity contribution >= 4 is 0 Å². The molecule has 0 radical (unpaired) electrons. The van der Waals surface area contributed by atoms with Crippen LogP contribution in [0.4, 0.5) is 13.2 Å². The highest BCUT2D eigenvalue weighted by molar-refractivity contribution is 5.22. The summed E-state index contributed by atoms with van der Waals surface area (Å²) in [6.45, 7) is -0.690. The smallest absolute Gasteiger partial charge is 0.392 e. The fourth-order valence-corrected chi connectivity index (χ4v) is 0.728. The monoisotopic (exact) mass is 178 g/mol. The minimum absolute atomic E-state index is 0.266. The summed E-state index contributed by atoms with van der Waals surface area (Å²) >= 11 is 0. The lowest BCUT2D eigenvalue weighted by Crippen LogP contribution is -2.10. The first-order chi connectivity index (χ1) is 5.55. The summed E-state index contributed by atoms with van der Waals surface area (Å²) in [4.78, 5) is 0. The van der Waals surface area contributed by atoms with Gasteiger partial charge in [-0.3, -0.25) is 0 Å². The van der Waals surface area contributed by atoms with Gasteiger partial charge in [-0.25, -0.2) is 0 Å². The fraction of sp³-hybridized carbons (Fsp3) is 0.333. The van der Waals surface area contributed by atoms with Crippen LogP contribution in [0.3, 0.4) is 0 Å². The van der Waals surface area contributed by atoms with Crippen molar-refractivity contribution in [1.82, 2.24) is 10.2 Å². The van der Waals surface area contributed by atoms with E-state index in [9.17, 15) is 13.2 Å². The van der Waals surface area contributed by atoms with E-state index < -0.39 is 18.3 Å². The van der Waals surface area contributed by atoms with Crippen LogP contribution in [0.5, 0.6) is 0 Å². The van der Waals surface area contributed by atoms with Gasteiger partial charge >= 0.3 is 6.18 Å². The van der Waals surface area contributed by atoms with Crippen molar-refractivity contribution in [1.29, 1.82) is 0 Å². The lowest BCUT2D eigenvalue weighted by molar-refractivity contribution is -0.139. The molecule has 6 heteroatoms. The largest absolute Gasteiger partial charge is 0.418 e. The zero-order valence-corrected chi connectivity index (χ0v) is 5.84. The molecule has 66 valence electrons. The van der Waals surface area contributed by atoms with Gasteiger partial charge in [-0.05, 0) is 0 Å². The Morgan fingerprint density at radius 2 is 1.83 bits per heavy atom. The molecule has 0 aliphatic carbocycles. The van der Waals surface area contributed by atoms with E-state index in [-0.39, 0.29) is 5.56 Å². The van der Waals surface area contributed by atoms with Gasteiger partial charge in [-0.15, -0.1) is 0 Å². The van der Waals surface area contributed by atoms with E-state index in [1.54, 1.807) is 0 Å². The number of hydrogen-bond acceptors (Lipinski definition) is 3. The van der Waals surface area contributed by atoms with Crippen molar-refractivity contribution in [3.05, 3.63) is 23.5 Å². The van der Waals surface area contributed by atoms with Crippen LogP contribution in [0, 0.1) is 0 Å². The van der Waals surface area contributed by atoms with Gasteiger partial charge in [0, 0.05) is 5.56 Å². The first-order valence-electron chi connectivity index (χ1n) is 3.03. The average Bonchev–Trinajstić information content (AvgIpc) is 2.03. The molecule has 0 saturated carbocycles. The number of alkyl halides is 3. The van der Waals surface area contributed by atoms with Crippen LogP contribution in [-0.2, 0) is 12.8 Å². The molecule has 0 spiro atoms. The van der Waals surface area contributed by atoms with Gasteiger partial charge in [-0.1, -0.05) is 0 Å². The van der Waals surface area contributed by atoms with E-state index in [2.05, 4.69) is 10.2 Å². The molecule has 0 amide bonds. The average molecular weight is 178 g/mol. The van der Waals surface area contributed by atoms with Crippen molar-refractivity contribution in [2.24, 2.45) is 0 Å². The fourth-order valence-electron chi connectivity index (χ4n) is 0.728. The summed E-state index contributed by atoms with van der Waals surface area (Å²) in [5.74, 6) is 0. The van der Waals surface area contributed by atoms with Crippen molar-refractivity contribution in [3.8, 4) is 0 Å². The van der Waals surface area contributed by atoms with E-state index in [0.717, 1.165) is 6.20 Å². The van der Waals surface area contributed by atoms with Crippen LogP contribution in [0.15, 0.2) is 12.4 Å². The number of halogens is 3. The highest BCUT2D eigenvalue weighted by atomic mass is 19.4. The summed E-state index contributed by atoms with van der Waals surface area (Å²) < 4.78 is 36.2. The normalized spacial score (nSPS) is 11.7. The quantitative estimate of drug-likeness (QED) is 0.697. The third kappa shape index (κ3) is 1.70. The Morgan fingerprint density at radius 1 is 1.25 bits per heavy atom. The van der Waals surface area contributed by atoms with Crippen LogP contribution >= 0.6 is 0 Å². The standard InChI is InChI=1S/C6H5F3N2O/c7-6(8,9)5-2-11-10-1-4(5)3-12/h1-2,12H,3H2. The molecule has 0 atom stereocenters. The Morgan fingerprint density at radius 3 is 2.25 bits per heavy atom. The minimum Gasteiger partial charge on any atom is -0.392 e. The van der Waals surface area contributed by atoms with Gasteiger partial charge in [-0.2, -0.15) is 23.4 Å². The second-order valence-electron chi connectivity index (χ2n) is 2.08. The van der Waals surface area contributed by atoms with Crippen molar-refractivity contribution in [2.75, 3.05) is 0 Å². The Bertz CT molecular complexity index is 274. The molecular formula is C6H5F3N2O. The predicted molar refractivity (Wildman–Crippen MR) is 33.0 cm³/mol. The predicted octanol–water partition coefficient (Wildman–Crippen LogP) is 0.988. The zero-order valence-electron chi connectivity index (χ0n) is 5.84. The van der Waals surface area contributed by atoms with Crippen LogP contribution in [-0.4, -0.2) is 15.3 Å². The highest BCUT2D eigenvalue weighted by Gasteiger charge is 2.33. The van der Waals surface area contributed by atoms with Crippen LogP contribution in [0.2, 0.25) is 0 Å². The minimum atomic E-state index is -4.48. The van der Waals surface area contributed by atoms with Gasteiger partial charge < -0.3 is 5.11 Å². The van der Waals surface area contributed by atoms with Crippen LogP contribution in [0.1, 0.15) is 11.1 Å². The van der Waals surface area contributed by atoms with E-state index in [4.69, 9.17) is 5.11 Å². The SMILES string of the molecule is OCc1cnncc1C(F)(F)F. The number of aliphatic hydroxyl groups is 1. The number of nitrogens with zero attached hydrogens (tertiary/aromatic N) is 2. The molecule has 3 nitrogen and oxygen atoms in total. The maximum Gasteiger partial charge on any atom is 0.418 e. The molecule has 1 heterocycles. The number of hydrogen-bond donors (Lipinski definition) is 1. The molecule has 0 aromatic carbocycles. The first-order valence-corrected chi connectivity index (χ1v) is 3.03. The van der Waals surface area contributed by atoms with Gasteiger partial charge in [0.15, 0.2) is 0 Å². The van der Waals surface area contributed by atoms with Gasteiger partial charge in [0.2, 0.25) is 0 Å². The Kier molecular flexibility index (Phi) is 2.27. The summed E-state index contributed by atoms with van der Waals surface area (Å²) in [6.07, 6.45) is -3.00. The van der Waals surface area contributed by atoms with Gasteiger partial charge in [0.1, 0.15) is 0 Å². The number of aliphatic hydroxyl groups excluding tert-OH is 1. The molecule has 0 aliphatic rings. The van der Waals surface area contributed by atoms with Crippen LogP contribution in [0.25, 0.3) is 0 Å². The maximum atomic E-state index is 12.1. The molecule has 1 aromatic rings. The molecule has 12 heavy (non-hydrogen) atoms. The topological polar surface area (TPSA) is 46.0 Å². The summed E-state index contributed by atoms with van der Waals surface area (Å²) in [5.41, 5.74) is -1.21. The molecule has 0 fully saturated rings. The third-order valence-electron chi connectivity index (χ3n) is 1.29. The van der Waals surface area contributed by atoms with Crippen molar-refractivity contribution in [2.45, 2.75) is 12.8 Å². The lowest BCUT2D eigenvalue weighted by Gasteiger charge is -2.08. The lowest BCUT2D eigenvalue weighted by atomic mass is 10.2. The van der Waals surface area contributed by atoms with Gasteiger partial charge in [0.25, 0.3) is 0 Å². The molecule has 1 N–H and O–H groups in total. The number of aromatic nitrogens is 2. The maximum absolute atomic E-state index is 12.1. The second-order valence-corrected chi connectivity index (χ2v) is 2.08. The molecule has 0 bridgehead atoms. The second kappa shape index (κ2) is 3.06. The molecule has 0 unspecified atom stereocenters. The van der Waals surface area contributed by atoms with Crippen LogP contribution < -0.4 is 0 Å². The Labute approximate surface area is 65.9 Å². The van der Waals surface area contributed by atoms with E-state index in [1.165, 1.54) is 0 Å². The first kappa shape index (κ1) is 8.92. The van der Waals surface area contributed by atoms with Crippen molar-refractivity contribution < 1.29 is 18.3 Å². The summed E-state index contributed by atoms with van der Waals surface area (Å²) in [6, 6.07) is 0. The molecule has 0 saturated heterocycles.